The number of imidazole rings is 1. The van der Waals surface area contributed by atoms with Crippen LogP contribution in [0.5, 0.6) is 0 Å². The second-order valence-corrected chi connectivity index (χ2v) is 4.38. The van der Waals surface area contributed by atoms with Gasteiger partial charge in [0.1, 0.15) is 6.33 Å². The van der Waals surface area contributed by atoms with E-state index in [9.17, 15) is 0 Å². The molecule has 0 saturated carbocycles. The predicted molar refractivity (Wildman–Crippen MR) is 66.6 cm³/mol. The first-order valence-electron chi connectivity index (χ1n) is 4.87. The Morgan fingerprint density at radius 3 is 2.88 bits per heavy atom. The summed E-state index contributed by atoms with van der Waals surface area (Å²) in [5.74, 6) is 0. The Bertz CT molecular complexity index is 645. The molecule has 0 radical (unpaired) electrons. The molecular weight excluding hydrogens is 266 g/mol. The van der Waals surface area contributed by atoms with E-state index in [1.165, 1.54) is 0 Å². The van der Waals surface area contributed by atoms with Crippen molar-refractivity contribution in [3.63, 3.8) is 0 Å². The van der Waals surface area contributed by atoms with Crippen molar-refractivity contribution in [3.8, 4) is 5.69 Å². The van der Waals surface area contributed by atoms with Gasteiger partial charge in [-0.25, -0.2) is 4.98 Å². The highest BCUT2D eigenvalue weighted by Crippen LogP contribution is 2.19. The van der Waals surface area contributed by atoms with Gasteiger partial charge in [-0.15, -0.1) is 0 Å². The molecule has 3 nitrogen and oxygen atoms in total. The molecule has 0 spiro atoms. The van der Waals surface area contributed by atoms with Gasteiger partial charge in [-0.2, -0.15) is 0 Å². The zero-order chi connectivity index (χ0) is 11.0. The van der Waals surface area contributed by atoms with Crippen molar-refractivity contribution >= 4 is 27.0 Å². The SMILES string of the molecule is Brc1cncc(-n2cnc3ccccc32)c1. The highest BCUT2D eigenvalue weighted by Gasteiger charge is 2.03. The number of nitrogens with zero attached hydrogens (tertiary/aromatic N) is 3. The Morgan fingerprint density at radius 1 is 1.12 bits per heavy atom. The maximum absolute atomic E-state index is 4.34. The number of pyridine rings is 1. The summed E-state index contributed by atoms with van der Waals surface area (Å²) in [7, 11) is 0. The first-order valence-corrected chi connectivity index (χ1v) is 5.67. The average molecular weight is 274 g/mol. The number of para-hydroxylation sites is 2. The molecule has 3 aromatic rings. The lowest BCUT2D eigenvalue weighted by atomic mass is 10.3. The number of fused-ring (bicyclic) bond motifs is 1. The molecule has 0 N–H and O–H groups in total. The molecular formula is C12H8BrN3. The minimum absolute atomic E-state index is 0.961. The molecule has 0 aliphatic carbocycles. The van der Waals surface area contributed by atoms with Crippen LogP contribution in [-0.2, 0) is 0 Å². The van der Waals surface area contributed by atoms with Gasteiger partial charge in [0.05, 0.1) is 22.9 Å². The Morgan fingerprint density at radius 2 is 2.00 bits per heavy atom. The lowest BCUT2D eigenvalue weighted by Gasteiger charge is -2.03. The summed E-state index contributed by atoms with van der Waals surface area (Å²) in [6.45, 7) is 0. The van der Waals surface area contributed by atoms with Crippen molar-refractivity contribution in [2.45, 2.75) is 0 Å². The Labute approximate surface area is 101 Å². The highest BCUT2D eigenvalue weighted by atomic mass is 79.9. The van der Waals surface area contributed by atoms with Crippen LogP contribution in [0.3, 0.4) is 0 Å². The third-order valence-electron chi connectivity index (χ3n) is 2.42. The van der Waals surface area contributed by atoms with Gasteiger partial charge in [0.25, 0.3) is 0 Å². The molecule has 4 heteroatoms. The molecule has 0 aliphatic heterocycles. The summed E-state index contributed by atoms with van der Waals surface area (Å²) < 4.78 is 2.98. The largest absolute Gasteiger partial charge is 0.297 e. The molecule has 2 heterocycles. The van der Waals surface area contributed by atoms with Crippen LogP contribution in [0.15, 0.2) is 53.5 Å². The van der Waals surface area contributed by atoms with E-state index in [-0.39, 0.29) is 0 Å². The van der Waals surface area contributed by atoms with Crippen molar-refractivity contribution in [2.75, 3.05) is 0 Å². The van der Waals surface area contributed by atoms with Gasteiger partial charge >= 0.3 is 0 Å². The lowest BCUT2D eigenvalue weighted by molar-refractivity contribution is 1.07. The van der Waals surface area contributed by atoms with Gasteiger partial charge in [-0.3, -0.25) is 9.55 Å². The fourth-order valence-corrected chi connectivity index (χ4v) is 2.05. The van der Waals surface area contributed by atoms with E-state index in [0.29, 0.717) is 0 Å². The summed E-state index contributed by atoms with van der Waals surface area (Å²) in [5.41, 5.74) is 3.08. The normalized spacial score (nSPS) is 10.8. The predicted octanol–water partition coefficient (Wildman–Crippen LogP) is 3.18. The van der Waals surface area contributed by atoms with Gasteiger partial charge in [0.15, 0.2) is 0 Å². The van der Waals surface area contributed by atoms with E-state index in [4.69, 9.17) is 0 Å². The maximum atomic E-state index is 4.34. The third-order valence-corrected chi connectivity index (χ3v) is 2.86. The quantitative estimate of drug-likeness (QED) is 0.682. The van der Waals surface area contributed by atoms with Crippen LogP contribution in [0, 0.1) is 0 Å². The van der Waals surface area contributed by atoms with E-state index >= 15 is 0 Å². The second-order valence-electron chi connectivity index (χ2n) is 3.46. The first-order chi connectivity index (χ1) is 7.84. The van der Waals surface area contributed by atoms with Crippen LogP contribution >= 0.6 is 15.9 Å². The lowest BCUT2D eigenvalue weighted by Crippen LogP contribution is -1.92. The molecule has 2 aromatic heterocycles. The van der Waals surface area contributed by atoms with E-state index in [0.717, 1.165) is 21.2 Å². The Hall–Kier alpha value is -1.68. The van der Waals surface area contributed by atoms with Crippen LogP contribution in [0.25, 0.3) is 16.7 Å². The fourth-order valence-electron chi connectivity index (χ4n) is 1.70. The van der Waals surface area contributed by atoms with Crippen molar-refractivity contribution in [3.05, 3.63) is 53.5 Å². The van der Waals surface area contributed by atoms with Crippen LogP contribution in [0.4, 0.5) is 0 Å². The van der Waals surface area contributed by atoms with E-state index in [1.54, 1.807) is 6.20 Å². The van der Waals surface area contributed by atoms with E-state index in [1.807, 2.05) is 47.4 Å². The minimum atomic E-state index is 0.961. The molecule has 0 amide bonds. The van der Waals surface area contributed by atoms with Crippen LogP contribution in [-0.4, -0.2) is 14.5 Å². The van der Waals surface area contributed by atoms with Gasteiger partial charge in [-0.05, 0) is 34.1 Å². The summed E-state index contributed by atoms with van der Waals surface area (Å²) in [4.78, 5) is 8.50. The van der Waals surface area contributed by atoms with Crippen LogP contribution in [0.2, 0.25) is 0 Å². The molecule has 1 aromatic carbocycles. The highest BCUT2D eigenvalue weighted by molar-refractivity contribution is 9.10. The van der Waals surface area contributed by atoms with Crippen molar-refractivity contribution in [1.82, 2.24) is 14.5 Å². The maximum Gasteiger partial charge on any atom is 0.100 e. The molecule has 0 saturated heterocycles. The Balaban J connectivity index is 2.26. The zero-order valence-corrected chi connectivity index (χ0v) is 9.92. The molecule has 78 valence electrons. The third kappa shape index (κ3) is 1.51. The zero-order valence-electron chi connectivity index (χ0n) is 8.34. The Kier molecular flexibility index (Phi) is 2.22. The second kappa shape index (κ2) is 3.72. The van der Waals surface area contributed by atoms with Crippen molar-refractivity contribution in [2.24, 2.45) is 0 Å². The molecule has 0 unspecified atom stereocenters. The number of halogens is 1. The fraction of sp³-hybridized carbons (Fsp3) is 0. The monoisotopic (exact) mass is 273 g/mol. The van der Waals surface area contributed by atoms with Gasteiger partial charge in [0.2, 0.25) is 0 Å². The van der Waals surface area contributed by atoms with Gasteiger partial charge in [0, 0.05) is 10.7 Å². The summed E-state index contributed by atoms with van der Waals surface area (Å²) in [6, 6.07) is 10.0. The summed E-state index contributed by atoms with van der Waals surface area (Å²) >= 11 is 3.42. The summed E-state index contributed by atoms with van der Waals surface area (Å²) in [5, 5.41) is 0. The topological polar surface area (TPSA) is 30.7 Å². The van der Waals surface area contributed by atoms with Crippen molar-refractivity contribution < 1.29 is 0 Å². The van der Waals surface area contributed by atoms with Gasteiger partial charge in [-0.1, -0.05) is 12.1 Å². The van der Waals surface area contributed by atoms with Crippen LogP contribution < -0.4 is 0 Å². The molecule has 0 bridgehead atoms. The smallest absolute Gasteiger partial charge is 0.100 e. The molecule has 16 heavy (non-hydrogen) atoms. The van der Waals surface area contributed by atoms with Crippen molar-refractivity contribution in [1.29, 1.82) is 0 Å². The van der Waals surface area contributed by atoms with Gasteiger partial charge < -0.3 is 0 Å². The number of hydrogen-bond acceptors (Lipinski definition) is 2. The minimum Gasteiger partial charge on any atom is -0.297 e. The van der Waals surface area contributed by atoms with E-state index < -0.39 is 0 Å². The first kappa shape index (κ1) is 9.54. The number of hydrogen-bond donors (Lipinski definition) is 0. The molecule has 3 rings (SSSR count). The average Bonchev–Trinajstić information content (AvgIpc) is 2.72. The number of aromatic nitrogens is 3. The molecule has 0 fully saturated rings. The number of rotatable bonds is 1. The number of benzene rings is 1. The summed E-state index contributed by atoms with van der Waals surface area (Å²) in [6.07, 6.45) is 5.40. The van der Waals surface area contributed by atoms with Crippen LogP contribution in [0.1, 0.15) is 0 Å². The van der Waals surface area contributed by atoms with E-state index in [2.05, 4.69) is 25.9 Å². The standard InChI is InChI=1S/C12H8BrN3/c13-9-5-10(7-14-6-9)16-8-15-11-3-1-2-4-12(11)16/h1-8H. The molecule has 0 aliphatic rings. The molecule has 0 atom stereocenters.